The maximum Gasteiger partial charge on any atom is 0.343 e. The molecule has 2 aromatic heterocycles. The van der Waals surface area contributed by atoms with E-state index < -0.39 is 17.0 Å². The lowest BCUT2D eigenvalue weighted by Gasteiger charge is -2.13. The smallest absolute Gasteiger partial charge is 0.343 e. The van der Waals surface area contributed by atoms with Crippen LogP contribution in [0.3, 0.4) is 0 Å². The van der Waals surface area contributed by atoms with Crippen molar-refractivity contribution in [1.82, 2.24) is 0 Å². The molecule has 10 nitrogen and oxygen atoms in total. The minimum Gasteiger partial charge on any atom is -0.493 e. The Hall–Kier alpha value is -5.25. The molecule has 0 spiro atoms. The van der Waals surface area contributed by atoms with E-state index in [1.54, 1.807) is 19.1 Å². The number of hydrogen-bond donors (Lipinski definition) is 0. The molecule has 5 rings (SSSR count). The Morgan fingerprint density at radius 2 is 1.41 bits per heavy atom. The van der Waals surface area contributed by atoms with Gasteiger partial charge >= 0.3 is 11.6 Å². The number of fused-ring (bicyclic) bond motifs is 2. The Bertz CT molecular complexity index is 1820. The summed E-state index contributed by atoms with van der Waals surface area (Å²) < 4.78 is 37.9. The van der Waals surface area contributed by atoms with Gasteiger partial charge in [0, 0.05) is 23.6 Å². The van der Waals surface area contributed by atoms with Crippen LogP contribution in [0.4, 0.5) is 0 Å². The van der Waals surface area contributed by atoms with Crippen molar-refractivity contribution in [3.8, 4) is 34.5 Å². The van der Waals surface area contributed by atoms with Gasteiger partial charge in [0.15, 0.2) is 11.5 Å². The van der Waals surface area contributed by atoms with Crippen LogP contribution in [0.2, 0.25) is 0 Å². The maximum atomic E-state index is 13.1. The van der Waals surface area contributed by atoms with E-state index in [4.69, 9.17) is 32.5 Å². The van der Waals surface area contributed by atoms with Crippen molar-refractivity contribution < 1.29 is 37.3 Å². The first-order valence-electron chi connectivity index (χ1n) is 11.6. The zero-order valence-electron chi connectivity index (χ0n) is 21.4. The number of methoxy groups -OCH3 is 3. The normalized spacial score (nSPS) is 10.9. The van der Waals surface area contributed by atoms with Crippen molar-refractivity contribution in [2.24, 2.45) is 0 Å². The van der Waals surface area contributed by atoms with Crippen molar-refractivity contribution in [2.75, 3.05) is 21.3 Å². The largest absolute Gasteiger partial charge is 0.493 e. The molecule has 0 aliphatic heterocycles. The number of ether oxygens (including phenoxy) is 5. The Morgan fingerprint density at radius 1 is 0.744 bits per heavy atom. The third-order valence-electron chi connectivity index (χ3n) is 5.98. The van der Waals surface area contributed by atoms with Crippen molar-refractivity contribution >= 4 is 27.9 Å². The van der Waals surface area contributed by atoms with E-state index in [9.17, 15) is 14.4 Å². The predicted octanol–water partition coefficient (Wildman–Crippen LogP) is 5.25. The van der Waals surface area contributed by atoms with E-state index in [1.165, 1.54) is 63.8 Å². The summed E-state index contributed by atoms with van der Waals surface area (Å²) in [6, 6.07) is 13.6. The number of hydrogen-bond acceptors (Lipinski definition) is 10. The Balaban J connectivity index is 1.41. The molecule has 0 aliphatic carbocycles. The highest BCUT2D eigenvalue weighted by molar-refractivity contribution is 5.93. The number of carbonyl (C=O) groups excluding carboxylic acids is 1. The molecule has 0 saturated carbocycles. The maximum absolute atomic E-state index is 13.1. The quantitative estimate of drug-likeness (QED) is 0.157. The first-order valence-corrected chi connectivity index (χ1v) is 11.6. The standard InChI is InChI=1S/C29H22O10/c1-15-9-26(30)39-22-13-17(5-7-19(15)22)37-25-14-36-21-12-18(6-8-20(21)27(25)31)38-29(32)16-10-23(33-2)28(35-4)24(11-16)34-3/h5-14H,1-4H3. The summed E-state index contributed by atoms with van der Waals surface area (Å²) >= 11 is 0. The molecule has 0 bridgehead atoms. The van der Waals surface area contributed by atoms with E-state index in [2.05, 4.69) is 0 Å². The van der Waals surface area contributed by atoms with Crippen molar-refractivity contribution in [2.45, 2.75) is 6.92 Å². The summed E-state index contributed by atoms with van der Waals surface area (Å²) in [4.78, 5) is 37.6. The topological polar surface area (TPSA) is 124 Å². The summed E-state index contributed by atoms with van der Waals surface area (Å²) in [5, 5.41) is 0.962. The van der Waals surface area contributed by atoms with E-state index in [0.717, 1.165) is 17.2 Å². The van der Waals surface area contributed by atoms with Gasteiger partial charge in [0.2, 0.25) is 16.9 Å². The van der Waals surface area contributed by atoms with Gasteiger partial charge in [0.05, 0.1) is 32.3 Å². The first-order chi connectivity index (χ1) is 18.8. The van der Waals surface area contributed by atoms with Gasteiger partial charge in [0.25, 0.3) is 0 Å². The average molecular weight is 530 g/mol. The van der Waals surface area contributed by atoms with Gasteiger partial charge in [0.1, 0.15) is 28.9 Å². The van der Waals surface area contributed by atoms with E-state index in [0.29, 0.717) is 28.6 Å². The van der Waals surface area contributed by atoms with Crippen LogP contribution in [0.5, 0.6) is 34.5 Å². The molecular weight excluding hydrogens is 508 g/mol. The van der Waals surface area contributed by atoms with Gasteiger partial charge in [-0.15, -0.1) is 0 Å². The van der Waals surface area contributed by atoms with E-state index in [-0.39, 0.29) is 28.0 Å². The van der Waals surface area contributed by atoms with Crippen LogP contribution in [0.15, 0.2) is 79.3 Å². The lowest BCUT2D eigenvalue weighted by molar-refractivity contribution is 0.0734. The van der Waals surface area contributed by atoms with Gasteiger partial charge in [-0.2, -0.15) is 0 Å². The zero-order chi connectivity index (χ0) is 27.7. The minimum atomic E-state index is -0.686. The van der Waals surface area contributed by atoms with Gasteiger partial charge < -0.3 is 32.5 Å². The average Bonchev–Trinajstić information content (AvgIpc) is 2.93. The lowest BCUT2D eigenvalue weighted by atomic mass is 10.1. The van der Waals surface area contributed by atoms with E-state index >= 15 is 0 Å². The molecule has 0 atom stereocenters. The number of rotatable bonds is 7. The fourth-order valence-electron chi connectivity index (χ4n) is 4.09. The van der Waals surface area contributed by atoms with Crippen LogP contribution < -0.4 is 34.7 Å². The van der Waals surface area contributed by atoms with Crippen LogP contribution in [0, 0.1) is 6.92 Å². The van der Waals surface area contributed by atoms with Crippen LogP contribution in [0.1, 0.15) is 15.9 Å². The van der Waals surface area contributed by atoms with Gasteiger partial charge in [-0.05, 0) is 48.9 Å². The SMILES string of the molecule is COc1cc(C(=O)Oc2ccc3c(=O)c(Oc4ccc5c(C)cc(=O)oc5c4)coc3c2)cc(OC)c1OC. The third-order valence-corrected chi connectivity index (χ3v) is 5.98. The van der Waals surface area contributed by atoms with Crippen LogP contribution in [-0.2, 0) is 0 Å². The van der Waals surface area contributed by atoms with Crippen molar-refractivity contribution in [1.29, 1.82) is 0 Å². The molecule has 0 radical (unpaired) electrons. The number of carbonyl (C=O) groups is 1. The number of esters is 1. The molecule has 5 aromatic rings. The minimum absolute atomic E-state index is 0.0704. The van der Waals surface area contributed by atoms with Crippen molar-refractivity contribution in [3.63, 3.8) is 0 Å². The molecule has 0 unspecified atom stereocenters. The monoisotopic (exact) mass is 530 g/mol. The third kappa shape index (κ3) is 4.87. The molecule has 0 fully saturated rings. The molecule has 0 saturated heterocycles. The second-order valence-electron chi connectivity index (χ2n) is 8.40. The lowest BCUT2D eigenvalue weighted by Crippen LogP contribution is -2.10. The Morgan fingerprint density at radius 3 is 2.10 bits per heavy atom. The molecule has 2 heterocycles. The highest BCUT2D eigenvalue weighted by Crippen LogP contribution is 2.38. The van der Waals surface area contributed by atoms with Gasteiger partial charge in [-0.3, -0.25) is 4.79 Å². The van der Waals surface area contributed by atoms with Crippen LogP contribution >= 0.6 is 0 Å². The number of benzene rings is 3. The molecule has 39 heavy (non-hydrogen) atoms. The fourth-order valence-corrected chi connectivity index (χ4v) is 4.09. The summed E-state index contributed by atoms with van der Waals surface area (Å²) in [6.07, 6.45) is 1.16. The summed E-state index contributed by atoms with van der Waals surface area (Å²) in [6.45, 7) is 1.80. The van der Waals surface area contributed by atoms with Crippen molar-refractivity contribution in [3.05, 3.63) is 92.6 Å². The second kappa shape index (κ2) is 10.3. The molecule has 3 aromatic carbocycles. The second-order valence-corrected chi connectivity index (χ2v) is 8.40. The van der Waals surface area contributed by atoms with E-state index in [1.807, 2.05) is 0 Å². The molecule has 198 valence electrons. The van der Waals surface area contributed by atoms with Crippen LogP contribution in [-0.4, -0.2) is 27.3 Å². The van der Waals surface area contributed by atoms with Crippen LogP contribution in [0.25, 0.3) is 21.9 Å². The molecule has 10 heteroatoms. The summed E-state index contributed by atoms with van der Waals surface area (Å²) in [7, 11) is 4.34. The van der Waals surface area contributed by atoms with Gasteiger partial charge in [-0.1, -0.05) is 0 Å². The van der Waals surface area contributed by atoms with Gasteiger partial charge in [-0.25, -0.2) is 9.59 Å². The summed E-state index contributed by atoms with van der Waals surface area (Å²) in [5.74, 6) is 0.615. The Kier molecular flexibility index (Phi) is 6.68. The molecular formula is C29H22O10. The number of aryl methyl sites for hydroxylation is 1. The first kappa shape index (κ1) is 25.4. The Labute approximate surface area is 220 Å². The highest BCUT2D eigenvalue weighted by atomic mass is 16.5. The fraction of sp³-hybridized carbons (Fsp3) is 0.138. The zero-order valence-corrected chi connectivity index (χ0v) is 21.4. The summed E-state index contributed by atoms with van der Waals surface area (Å²) in [5.41, 5.74) is 0.522. The molecule has 0 aliphatic rings. The molecule has 0 amide bonds. The highest BCUT2D eigenvalue weighted by Gasteiger charge is 2.19. The predicted molar refractivity (Wildman–Crippen MR) is 141 cm³/mol. The molecule has 0 N–H and O–H groups in total.